The minimum atomic E-state index is -0.250. The Kier molecular flexibility index (Phi) is 6.86. The normalized spacial score (nSPS) is 12.2. The van der Waals surface area contributed by atoms with Gasteiger partial charge in [-0.15, -0.1) is 10.2 Å². The number of carbonyl (C=O) groups is 1. The lowest BCUT2D eigenvalue weighted by atomic mass is 10.2. The minimum absolute atomic E-state index is 0.0556. The molecule has 1 amide bonds. The van der Waals surface area contributed by atoms with E-state index in [4.69, 9.17) is 0 Å². The van der Waals surface area contributed by atoms with Gasteiger partial charge in [0.15, 0.2) is 4.34 Å². The Hall–Kier alpha value is -1.12. The lowest BCUT2D eigenvalue weighted by Gasteiger charge is -2.10. The molecule has 23 heavy (non-hydrogen) atoms. The molecule has 0 aliphatic carbocycles. The SMILES string of the molecule is CC(C)CNc1nnc(S[C@@H](C)C(=O)Nc2cccc(Br)c2)s1. The van der Waals surface area contributed by atoms with E-state index >= 15 is 0 Å². The molecule has 0 unspecified atom stereocenters. The predicted molar refractivity (Wildman–Crippen MR) is 101 cm³/mol. The van der Waals surface area contributed by atoms with Crippen molar-refractivity contribution in [1.82, 2.24) is 10.2 Å². The van der Waals surface area contributed by atoms with Crippen molar-refractivity contribution in [2.75, 3.05) is 17.2 Å². The summed E-state index contributed by atoms with van der Waals surface area (Å²) in [6.07, 6.45) is 0. The maximum Gasteiger partial charge on any atom is 0.237 e. The summed E-state index contributed by atoms with van der Waals surface area (Å²) in [5.74, 6) is 0.491. The van der Waals surface area contributed by atoms with Gasteiger partial charge in [-0.2, -0.15) is 0 Å². The third-order valence-corrected chi connectivity index (χ3v) is 5.37. The maximum atomic E-state index is 12.2. The van der Waals surface area contributed by atoms with Crippen LogP contribution in [-0.4, -0.2) is 27.9 Å². The Balaban J connectivity index is 1.88. The van der Waals surface area contributed by atoms with Crippen LogP contribution in [0.15, 0.2) is 33.1 Å². The number of nitrogens with zero attached hydrogens (tertiary/aromatic N) is 2. The maximum absolute atomic E-state index is 12.2. The summed E-state index contributed by atoms with van der Waals surface area (Å²) in [5.41, 5.74) is 0.772. The first-order valence-corrected chi connectivity index (χ1v) is 9.73. The molecular weight excluding hydrogens is 396 g/mol. The fourth-order valence-corrected chi connectivity index (χ4v) is 3.94. The van der Waals surface area contributed by atoms with E-state index in [0.717, 1.165) is 26.2 Å². The lowest BCUT2D eigenvalue weighted by Crippen LogP contribution is -2.22. The third kappa shape index (κ3) is 6.12. The fourth-order valence-electron chi connectivity index (χ4n) is 1.64. The zero-order valence-corrected chi connectivity index (χ0v) is 16.4. The topological polar surface area (TPSA) is 66.9 Å². The number of amides is 1. The molecule has 0 spiro atoms. The van der Waals surface area contributed by atoms with Gasteiger partial charge < -0.3 is 10.6 Å². The summed E-state index contributed by atoms with van der Waals surface area (Å²) in [4.78, 5) is 12.2. The summed E-state index contributed by atoms with van der Waals surface area (Å²) < 4.78 is 1.72. The highest BCUT2D eigenvalue weighted by molar-refractivity contribution is 9.10. The van der Waals surface area contributed by atoms with Gasteiger partial charge in [-0.25, -0.2) is 0 Å². The van der Waals surface area contributed by atoms with E-state index in [1.165, 1.54) is 23.1 Å². The van der Waals surface area contributed by atoms with Gasteiger partial charge in [0.2, 0.25) is 11.0 Å². The van der Waals surface area contributed by atoms with Gasteiger partial charge in [0.1, 0.15) is 0 Å². The molecule has 0 fully saturated rings. The zero-order chi connectivity index (χ0) is 16.8. The van der Waals surface area contributed by atoms with Crippen LogP contribution in [0, 0.1) is 5.92 Å². The number of anilines is 2. The van der Waals surface area contributed by atoms with Crippen LogP contribution in [-0.2, 0) is 4.79 Å². The third-order valence-electron chi connectivity index (χ3n) is 2.81. The van der Waals surface area contributed by atoms with Crippen LogP contribution in [0.25, 0.3) is 0 Å². The number of benzene rings is 1. The van der Waals surface area contributed by atoms with Crippen molar-refractivity contribution >= 4 is 55.8 Å². The quantitative estimate of drug-likeness (QED) is 0.653. The summed E-state index contributed by atoms with van der Waals surface area (Å²) >= 11 is 6.27. The van der Waals surface area contributed by atoms with Crippen LogP contribution < -0.4 is 10.6 Å². The number of hydrogen-bond donors (Lipinski definition) is 2. The molecule has 0 saturated heterocycles. The van der Waals surface area contributed by atoms with Gasteiger partial charge in [-0.3, -0.25) is 4.79 Å². The Labute approximate surface area is 152 Å². The van der Waals surface area contributed by atoms with E-state index in [2.05, 4.69) is 50.6 Å². The molecule has 2 aromatic rings. The second-order valence-electron chi connectivity index (χ2n) is 5.41. The molecule has 1 aromatic heterocycles. The van der Waals surface area contributed by atoms with Gasteiger partial charge >= 0.3 is 0 Å². The fraction of sp³-hybridized carbons (Fsp3) is 0.400. The van der Waals surface area contributed by atoms with Gasteiger partial charge in [0.05, 0.1) is 5.25 Å². The largest absolute Gasteiger partial charge is 0.360 e. The van der Waals surface area contributed by atoms with Gasteiger partial charge in [0, 0.05) is 16.7 Å². The summed E-state index contributed by atoms with van der Waals surface area (Å²) in [7, 11) is 0. The van der Waals surface area contributed by atoms with Crippen LogP contribution in [0.4, 0.5) is 10.8 Å². The van der Waals surface area contributed by atoms with Gasteiger partial charge in [-0.1, -0.05) is 58.9 Å². The first kappa shape index (κ1) is 18.2. The van der Waals surface area contributed by atoms with E-state index in [-0.39, 0.29) is 11.2 Å². The second kappa shape index (κ2) is 8.65. The number of nitrogens with one attached hydrogen (secondary N) is 2. The summed E-state index contributed by atoms with van der Waals surface area (Å²) in [5, 5.41) is 14.9. The number of aromatic nitrogens is 2. The van der Waals surface area contributed by atoms with E-state index < -0.39 is 0 Å². The van der Waals surface area contributed by atoms with Gasteiger partial charge in [0.25, 0.3) is 0 Å². The van der Waals surface area contributed by atoms with Crippen molar-refractivity contribution in [3.05, 3.63) is 28.7 Å². The highest BCUT2D eigenvalue weighted by atomic mass is 79.9. The first-order valence-electron chi connectivity index (χ1n) is 7.24. The van der Waals surface area contributed by atoms with E-state index in [9.17, 15) is 4.79 Å². The molecule has 0 bridgehead atoms. The molecule has 5 nitrogen and oxygen atoms in total. The average molecular weight is 415 g/mol. The second-order valence-corrected chi connectivity index (χ2v) is 8.89. The molecule has 124 valence electrons. The summed E-state index contributed by atoms with van der Waals surface area (Å²) in [6.45, 7) is 6.99. The molecule has 0 saturated carbocycles. The predicted octanol–water partition coefficient (Wildman–Crippen LogP) is 4.49. The number of rotatable bonds is 7. The first-order chi connectivity index (χ1) is 10.9. The molecule has 2 rings (SSSR count). The number of hydrogen-bond acceptors (Lipinski definition) is 6. The average Bonchev–Trinajstić information content (AvgIpc) is 2.92. The Morgan fingerprint density at radius 3 is 2.83 bits per heavy atom. The van der Waals surface area contributed by atoms with Crippen molar-refractivity contribution < 1.29 is 4.79 Å². The number of carbonyl (C=O) groups excluding carboxylic acids is 1. The van der Waals surface area contributed by atoms with Crippen LogP contribution in [0.5, 0.6) is 0 Å². The van der Waals surface area contributed by atoms with Crippen LogP contribution in [0.1, 0.15) is 20.8 Å². The molecular formula is C15H19BrN4OS2. The standard InChI is InChI=1S/C15H19BrN4OS2/c1-9(2)8-17-14-19-20-15(23-14)22-10(3)13(21)18-12-6-4-5-11(16)7-12/h4-7,9-10H,8H2,1-3H3,(H,17,19)(H,18,21)/t10-/m0/s1. The zero-order valence-electron chi connectivity index (χ0n) is 13.2. The molecule has 0 aliphatic heterocycles. The molecule has 8 heteroatoms. The van der Waals surface area contributed by atoms with Crippen molar-refractivity contribution in [2.45, 2.75) is 30.4 Å². The van der Waals surface area contributed by atoms with Crippen molar-refractivity contribution in [1.29, 1.82) is 0 Å². The Bertz CT molecular complexity index is 662. The number of thioether (sulfide) groups is 1. The molecule has 1 atom stereocenters. The van der Waals surface area contributed by atoms with Crippen molar-refractivity contribution in [2.24, 2.45) is 5.92 Å². The minimum Gasteiger partial charge on any atom is -0.360 e. The molecule has 0 aliphatic rings. The smallest absolute Gasteiger partial charge is 0.237 e. The number of halogens is 1. The Morgan fingerprint density at radius 1 is 1.35 bits per heavy atom. The van der Waals surface area contributed by atoms with Gasteiger partial charge in [-0.05, 0) is 31.0 Å². The van der Waals surface area contributed by atoms with E-state index in [1.54, 1.807) is 0 Å². The molecule has 1 heterocycles. The highest BCUT2D eigenvalue weighted by Crippen LogP contribution is 2.29. The molecule has 1 aromatic carbocycles. The van der Waals surface area contributed by atoms with Crippen LogP contribution in [0.3, 0.4) is 0 Å². The van der Waals surface area contributed by atoms with E-state index in [0.29, 0.717) is 5.92 Å². The highest BCUT2D eigenvalue weighted by Gasteiger charge is 2.17. The van der Waals surface area contributed by atoms with Crippen LogP contribution >= 0.6 is 39.0 Å². The van der Waals surface area contributed by atoms with Crippen molar-refractivity contribution in [3.63, 3.8) is 0 Å². The van der Waals surface area contributed by atoms with Crippen molar-refractivity contribution in [3.8, 4) is 0 Å². The van der Waals surface area contributed by atoms with Crippen LogP contribution in [0.2, 0.25) is 0 Å². The van der Waals surface area contributed by atoms with E-state index in [1.807, 2.05) is 31.2 Å². The lowest BCUT2D eigenvalue weighted by molar-refractivity contribution is -0.115. The Morgan fingerprint density at radius 2 is 2.13 bits per heavy atom. The summed E-state index contributed by atoms with van der Waals surface area (Å²) in [6, 6.07) is 7.53. The molecule has 2 N–H and O–H groups in total. The molecule has 0 radical (unpaired) electrons. The monoisotopic (exact) mass is 414 g/mol.